The lowest BCUT2D eigenvalue weighted by atomic mass is 10.1. The molecule has 0 radical (unpaired) electrons. The quantitative estimate of drug-likeness (QED) is 0.792. The van der Waals surface area contributed by atoms with E-state index in [-0.39, 0.29) is 5.56 Å². The van der Waals surface area contributed by atoms with Crippen LogP contribution in [0.1, 0.15) is 12.5 Å². The van der Waals surface area contributed by atoms with Crippen LogP contribution in [0, 0.1) is 0 Å². The van der Waals surface area contributed by atoms with Gasteiger partial charge in [-0.05, 0) is 30.2 Å². The largest absolute Gasteiger partial charge is 0.341 e. The van der Waals surface area contributed by atoms with E-state index in [1.54, 1.807) is 0 Å². The summed E-state index contributed by atoms with van der Waals surface area (Å²) in [5.41, 5.74) is 2.61. The second-order valence-electron chi connectivity index (χ2n) is 4.54. The average molecular weight is 265 g/mol. The highest BCUT2D eigenvalue weighted by molar-refractivity contribution is 5.62. The number of para-hydroxylation sites is 1. The second kappa shape index (κ2) is 5.17. The number of anilines is 2. The summed E-state index contributed by atoms with van der Waals surface area (Å²) >= 11 is 0. The van der Waals surface area contributed by atoms with E-state index in [0.29, 0.717) is 5.65 Å². The van der Waals surface area contributed by atoms with Gasteiger partial charge >= 0.3 is 0 Å². The molecule has 100 valence electrons. The molecule has 0 aliphatic carbocycles. The molecule has 0 aliphatic heterocycles. The summed E-state index contributed by atoms with van der Waals surface area (Å²) < 4.78 is 1.87. The Morgan fingerprint density at radius 3 is 2.80 bits per heavy atom. The summed E-state index contributed by atoms with van der Waals surface area (Å²) in [5.74, 6) is 0.724. The molecule has 2 aromatic heterocycles. The van der Waals surface area contributed by atoms with Gasteiger partial charge < -0.3 is 5.32 Å². The summed E-state index contributed by atoms with van der Waals surface area (Å²) in [6, 6.07) is 15.2. The van der Waals surface area contributed by atoms with Gasteiger partial charge in [0.1, 0.15) is 11.5 Å². The summed E-state index contributed by atoms with van der Waals surface area (Å²) in [7, 11) is 0. The van der Waals surface area contributed by atoms with Crippen molar-refractivity contribution in [3.63, 3.8) is 0 Å². The molecule has 0 fully saturated rings. The van der Waals surface area contributed by atoms with Crippen LogP contribution in [0.2, 0.25) is 0 Å². The van der Waals surface area contributed by atoms with Gasteiger partial charge in [0.05, 0.1) is 0 Å². The van der Waals surface area contributed by atoms with E-state index in [4.69, 9.17) is 0 Å². The maximum absolute atomic E-state index is 11.7. The van der Waals surface area contributed by atoms with E-state index in [1.807, 2.05) is 47.0 Å². The van der Waals surface area contributed by atoms with E-state index in [1.165, 1.54) is 11.6 Å². The van der Waals surface area contributed by atoms with Crippen LogP contribution in [0.5, 0.6) is 0 Å². The highest BCUT2D eigenvalue weighted by atomic mass is 16.1. The number of hydrogen-bond donors (Lipinski definition) is 1. The fraction of sp³-hybridized carbons (Fsp3) is 0.125. The molecule has 0 spiro atoms. The monoisotopic (exact) mass is 265 g/mol. The summed E-state index contributed by atoms with van der Waals surface area (Å²) in [4.78, 5) is 15.7. The molecule has 0 bridgehead atoms. The topological polar surface area (TPSA) is 46.4 Å². The lowest BCUT2D eigenvalue weighted by molar-refractivity contribution is 1.07. The zero-order chi connectivity index (χ0) is 13.9. The van der Waals surface area contributed by atoms with E-state index in [9.17, 15) is 4.79 Å². The number of aryl methyl sites for hydroxylation is 1. The second-order valence-corrected chi connectivity index (χ2v) is 4.54. The molecule has 4 heteroatoms. The molecular weight excluding hydrogens is 250 g/mol. The van der Waals surface area contributed by atoms with Crippen molar-refractivity contribution >= 4 is 17.2 Å². The van der Waals surface area contributed by atoms with Gasteiger partial charge in [0.15, 0.2) is 0 Å². The summed E-state index contributed by atoms with van der Waals surface area (Å²) in [5, 5.41) is 3.33. The molecule has 3 rings (SSSR count). The number of hydrogen-bond acceptors (Lipinski definition) is 3. The number of aromatic nitrogens is 2. The molecule has 2 heterocycles. The number of rotatable bonds is 3. The molecule has 3 aromatic rings. The Labute approximate surface area is 116 Å². The smallest absolute Gasteiger partial charge is 0.275 e. The van der Waals surface area contributed by atoms with E-state index < -0.39 is 0 Å². The normalized spacial score (nSPS) is 10.7. The molecule has 1 aromatic carbocycles. The van der Waals surface area contributed by atoms with Crippen molar-refractivity contribution in [1.82, 2.24) is 9.38 Å². The van der Waals surface area contributed by atoms with Crippen LogP contribution >= 0.6 is 0 Å². The van der Waals surface area contributed by atoms with Gasteiger partial charge in [0.25, 0.3) is 5.56 Å². The molecule has 0 saturated heterocycles. The van der Waals surface area contributed by atoms with Crippen molar-refractivity contribution in [3.05, 3.63) is 70.6 Å². The Balaban J connectivity index is 2.13. The van der Waals surface area contributed by atoms with Crippen LogP contribution in [0.4, 0.5) is 11.5 Å². The zero-order valence-corrected chi connectivity index (χ0v) is 11.2. The van der Waals surface area contributed by atoms with Crippen molar-refractivity contribution in [2.24, 2.45) is 0 Å². The first-order chi connectivity index (χ1) is 9.78. The predicted octanol–water partition coefficient (Wildman–Crippen LogP) is 3.00. The number of fused-ring (bicyclic) bond motifs is 1. The predicted molar refractivity (Wildman–Crippen MR) is 80.6 cm³/mol. The minimum absolute atomic E-state index is 0.243. The van der Waals surface area contributed by atoms with Crippen molar-refractivity contribution in [3.8, 4) is 0 Å². The highest BCUT2D eigenvalue weighted by Gasteiger charge is 2.05. The Morgan fingerprint density at radius 2 is 1.95 bits per heavy atom. The van der Waals surface area contributed by atoms with Gasteiger partial charge in [-0.1, -0.05) is 31.2 Å². The van der Waals surface area contributed by atoms with Crippen molar-refractivity contribution in [1.29, 1.82) is 0 Å². The van der Waals surface area contributed by atoms with Crippen molar-refractivity contribution in [2.45, 2.75) is 13.3 Å². The van der Waals surface area contributed by atoms with E-state index in [0.717, 1.165) is 17.9 Å². The van der Waals surface area contributed by atoms with Gasteiger partial charge in [0, 0.05) is 18.0 Å². The number of nitrogens with one attached hydrogen (secondary N) is 1. The Kier molecular flexibility index (Phi) is 3.21. The van der Waals surface area contributed by atoms with Gasteiger partial charge in [-0.25, -0.2) is 0 Å². The van der Waals surface area contributed by atoms with Crippen LogP contribution < -0.4 is 10.9 Å². The van der Waals surface area contributed by atoms with Crippen LogP contribution in [0.15, 0.2) is 59.5 Å². The molecule has 0 amide bonds. The molecule has 0 unspecified atom stereocenters. The minimum Gasteiger partial charge on any atom is -0.341 e. The Morgan fingerprint density at radius 1 is 1.15 bits per heavy atom. The van der Waals surface area contributed by atoms with Gasteiger partial charge in [-0.2, -0.15) is 4.98 Å². The van der Waals surface area contributed by atoms with Crippen molar-refractivity contribution in [2.75, 3.05) is 5.32 Å². The zero-order valence-electron chi connectivity index (χ0n) is 11.2. The molecule has 0 aliphatic rings. The average Bonchev–Trinajstić information content (AvgIpc) is 2.47. The van der Waals surface area contributed by atoms with E-state index >= 15 is 0 Å². The molecule has 0 saturated carbocycles. The molecular formula is C16H15N3O. The van der Waals surface area contributed by atoms with Crippen LogP contribution in [0.3, 0.4) is 0 Å². The third-order valence-electron chi connectivity index (χ3n) is 3.24. The summed E-state index contributed by atoms with van der Waals surface area (Å²) in [6.45, 7) is 2.11. The number of nitrogens with zero attached hydrogens (tertiary/aromatic N) is 2. The SMILES string of the molecule is CCc1ccccc1Nc1cc(=O)nc2ccccn12. The van der Waals surface area contributed by atoms with Gasteiger partial charge in [-0.3, -0.25) is 9.20 Å². The lowest BCUT2D eigenvalue weighted by Gasteiger charge is -2.13. The first-order valence-corrected chi connectivity index (χ1v) is 6.61. The first-order valence-electron chi connectivity index (χ1n) is 6.61. The van der Waals surface area contributed by atoms with Gasteiger partial charge in [0.2, 0.25) is 0 Å². The Bertz CT molecular complexity index is 808. The molecule has 0 atom stereocenters. The first kappa shape index (κ1) is 12.4. The third kappa shape index (κ3) is 2.28. The minimum atomic E-state index is -0.243. The van der Waals surface area contributed by atoms with Crippen LogP contribution in [-0.2, 0) is 6.42 Å². The standard InChI is InChI=1S/C16H15N3O/c1-2-12-7-3-4-8-13(12)17-15-11-16(20)18-14-9-5-6-10-19(14)15/h3-11,17H,2H2,1H3. The number of benzene rings is 1. The summed E-state index contributed by atoms with van der Waals surface area (Å²) in [6.07, 6.45) is 2.82. The van der Waals surface area contributed by atoms with E-state index in [2.05, 4.69) is 23.3 Å². The number of pyridine rings is 1. The highest BCUT2D eigenvalue weighted by Crippen LogP contribution is 2.20. The fourth-order valence-corrected chi connectivity index (χ4v) is 2.25. The van der Waals surface area contributed by atoms with Gasteiger partial charge in [-0.15, -0.1) is 0 Å². The maximum Gasteiger partial charge on any atom is 0.275 e. The molecule has 20 heavy (non-hydrogen) atoms. The molecule has 1 N–H and O–H groups in total. The third-order valence-corrected chi connectivity index (χ3v) is 3.24. The van der Waals surface area contributed by atoms with Crippen LogP contribution in [-0.4, -0.2) is 9.38 Å². The maximum atomic E-state index is 11.7. The fourth-order valence-electron chi connectivity index (χ4n) is 2.25. The van der Waals surface area contributed by atoms with Crippen molar-refractivity contribution < 1.29 is 0 Å². The Hall–Kier alpha value is -2.62. The lowest BCUT2D eigenvalue weighted by Crippen LogP contribution is -2.11. The molecule has 4 nitrogen and oxygen atoms in total. The van der Waals surface area contributed by atoms with Crippen LogP contribution in [0.25, 0.3) is 5.65 Å².